The van der Waals surface area contributed by atoms with Gasteiger partial charge < -0.3 is 25.8 Å². The van der Waals surface area contributed by atoms with E-state index in [-0.39, 0.29) is 24.6 Å². The van der Waals surface area contributed by atoms with Crippen molar-refractivity contribution in [2.75, 3.05) is 11.9 Å². The van der Waals surface area contributed by atoms with Crippen LogP contribution in [0.15, 0.2) is 48.9 Å². The average Bonchev–Trinajstić information content (AvgIpc) is 2.76. The number of nitrogens with zero attached hydrogens (tertiary/aromatic N) is 2. The molecule has 4 N–H and O–H groups in total. The van der Waals surface area contributed by atoms with Gasteiger partial charge in [0.1, 0.15) is 24.1 Å². The van der Waals surface area contributed by atoms with Crippen molar-refractivity contribution in [1.29, 1.82) is 0 Å². The quantitative estimate of drug-likeness (QED) is 0.488. The topological polar surface area (TPSA) is 125 Å². The normalized spacial score (nSPS) is 20.2. The number of aliphatic hydroxyl groups is 1. The molecule has 0 fully saturated rings. The van der Waals surface area contributed by atoms with Gasteiger partial charge in [-0.05, 0) is 18.2 Å². The molecule has 0 bridgehead atoms. The monoisotopic (exact) mass is 433 g/mol. The van der Waals surface area contributed by atoms with Crippen LogP contribution in [0.5, 0.6) is 0 Å². The Morgan fingerprint density at radius 3 is 2.77 bits per heavy atom. The van der Waals surface area contributed by atoms with E-state index < -0.39 is 42.5 Å². The van der Waals surface area contributed by atoms with Crippen LogP contribution >= 0.6 is 0 Å². The van der Waals surface area contributed by atoms with Crippen LogP contribution < -0.4 is 16.0 Å². The van der Waals surface area contributed by atoms with E-state index in [2.05, 4.69) is 25.9 Å². The van der Waals surface area contributed by atoms with Gasteiger partial charge in [-0.15, -0.1) is 0 Å². The van der Waals surface area contributed by atoms with E-state index in [1.807, 2.05) is 0 Å². The highest BCUT2D eigenvalue weighted by atomic mass is 19.1. The lowest BCUT2D eigenvalue weighted by Crippen LogP contribution is -2.50. The van der Waals surface area contributed by atoms with E-state index in [1.54, 1.807) is 24.4 Å². The summed E-state index contributed by atoms with van der Waals surface area (Å²) in [4.78, 5) is 32.1. The van der Waals surface area contributed by atoms with Crippen molar-refractivity contribution >= 4 is 17.6 Å². The maximum Gasteiger partial charge on any atom is 0.319 e. The number of anilines is 1. The summed E-state index contributed by atoms with van der Waals surface area (Å²) < 4.78 is 32.6. The third-order valence-corrected chi connectivity index (χ3v) is 4.43. The molecule has 2 heterocycles. The Balaban J connectivity index is 1.51. The van der Waals surface area contributed by atoms with Crippen LogP contribution in [0.4, 0.5) is 19.3 Å². The van der Waals surface area contributed by atoms with E-state index in [0.717, 1.165) is 18.2 Å². The minimum Gasteiger partial charge on any atom is -0.394 e. The zero-order chi connectivity index (χ0) is 22.2. The second kappa shape index (κ2) is 10.5. The molecule has 1 aromatic heterocycles. The van der Waals surface area contributed by atoms with Crippen LogP contribution in [-0.4, -0.2) is 51.9 Å². The van der Waals surface area contributed by atoms with Crippen LogP contribution in [0, 0.1) is 11.6 Å². The van der Waals surface area contributed by atoms with E-state index in [9.17, 15) is 23.5 Å². The first-order chi connectivity index (χ1) is 14.9. The lowest BCUT2D eigenvalue weighted by Gasteiger charge is -2.31. The standard InChI is InChI=1S/C20H21F2N5O4/c21-12-1-3-15(22)17(7-12)27-20(30)26-16-4-2-14(31-18(16)10-28)8-19(29)24-9-13-5-6-23-11-25-13/h1-7,11,14,16,18,28H,8-10H2,(H,24,29)(H2,26,27,30)/t14-,16+,18+/m1/s1. The zero-order valence-corrected chi connectivity index (χ0v) is 16.3. The molecule has 1 aliphatic heterocycles. The summed E-state index contributed by atoms with van der Waals surface area (Å²) in [5, 5.41) is 17.0. The first kappa shape index (κ1) is 22.2. The van der Waals surface area contributed by atoms with Gasteiger partial charge in [-0.1, -0.05) is 12.2 Å². The third-order valence-electron chi connectivity index (χ3n) is 4.43. The number of rotatable bonds is 7. The molecule has 0 unspecified atom stereocenters. The number of nitrogens with one attached hydrogen (secondary N) is 3. The molecule has 3 atom stereocenters. The molecular formula is C20H21F2N5O4. The lowest BCUT2D eigenvalue weighted by atomic mass is 10.0. The predicted octanol–water partition coefficient (Wildman–Crippen LogP) is 1.27. The molecule has 164 valence electrons. The van der Waals surface area contributed by atoms with Gasteiger partial charge in [0.05, 0.1) is 43.1 Å². The lowest BCUT2D eigenvalue weighted by molar-refractivity contribution is -0.125. The minimum atomic E-state index is -0.826. The van der Waals surface area contributed by atoms with Crippen molar-refractivity contribution in [3.63, 3.8) is 0 Å². The first-order valence-corrected chi connectivity index (χ1v) is 9.43. The van der Waals surface area contributed by atoms with Crippen molar-refractivity contribution in [3.05, 3.63) is 66.3 Å². The SMILES string of the molecule is O=C(C[C@H]1C=C[C@H](NC(=O)Nc2cc(F)ccc2F)[C@H](CO)O1)NCc1ccncn1. The summed E-state index contributed by atoms with van der Waals surface area (Å²) in [6, 6.07) is 2.81. The average molecular weight is 433 g/mol. The number of hydrogen-bond donors (Lipinski definition) is 4. The molecule has 31 heavy (non-hydrogen) atoms. The number of urea groups is 1. The van der Waals surface area contributed by atoms with Gasteiger partial charge in [-0.2, -0.15) is 0 Å². The third kappa shape index (κ3) is 6.52. The Kier molecular flexibility index (Phi) is 7.57. The fourth-order valence-electron chi connectivity index (χ4n) is 2.91. The smallest absolute Gasteiger partial charge is 0.319 e. The van der Waals surface area contributed by atoms with E-state index in [0.29, 0.717) is 5.69 Å². The van der Waals surface area contributed by atoms with Gasteiger partial charge in [0, 0.05) is 12.3 Å². The minimum absolute atomic E-state index is 0.00546. The maximum absolute atomic E-state index is 13.7. The molecule has 9 nitrogen and oxygen atoms in total. The number of amides is 3. The summed E-state index contributed by atoms with van der Waals surface area (Å²) >= 11 is 0. The van der Waals surface area contributed by atoms with Crippen molar-refractivity contribution in [2.45, 2.75) is 31.2 Å². The Labute approximate surface area is 176 Å². The number of halogens is 2. The van der Waals surface area contributed by atoms with Gasteiger partial charge >= 0.3 is 6.03 Å². The fraction of sp³-hybridized carbons (Fsp3) is 0.300. The van der Waals surface area contributed by atoms with Crippen molar-refractivity contribution in [2.24, 2.45) is 0 Å². The Morgan fingerprint density at radius 2 is 2.03 bits per heavy atom. The molecule has 0 saturated heterocycles. The van der Waals surface area contributed by atoms with Crippen LogP contribution in [0.3, 0.4) is 0 Å². The second-order valence-corrected chi connectivity index (χ2v) is 6.71. The largest absolute Gasteiger partial charge is 0.394 e. The number of carbonyl (C=O) groups is 2. The molecule has 11 heteroatoms. The summed E-state index contributed by atoms with van der Waals surface area (Å²) in [7, 11) is 0. The molecule has 3 amide bonds. The van der Waals surface area contributed by atoms with Gasteiger partial charge in [0.25, 0.3) is 0 Å². The summed E-state index contributed by atoms with van der Waals surface area (Å²) in [6.45, 7) is -0.190. The molecule has 0 spiro atoms. The zero-order valence-electron chi connectivity index (χ0n) is 16.3. The number of ether oxygens (including phenoxy) is 1. The number of aromatic nitrogens is 2. The molecule has 0 radical (unpaired) electrons. The molecule has 0 saturated carbocycles. The molecular weight excluding hydrogens is 412 g/mol. The summed E-state index contributed by atoms with van der Waals surface area (Å²) in [6.07, 6.45) is 4.69. The van der Waals surface area contributed by atoms with Crippen molar-refractivity contribution < 1.29 is 28.2 Å². The van der Waals surface area contributed by atoms with E-state index in [1.165, 1.54) is 6.33 Å². The molecule has 3 rings (SSSR count). The van der Waals surface area contributed by atoms with Crippen LogP contribution in [0.25, 0.3) is 0 Å². The molecule has 1 aliphatic rings. The van der Waals surface area contributed by atoms with Crippen molar-refractivity contribution in [1.82, 2.24) is 20.6 Å². The van der Waals surface area contributed by atoms with Gasteiger partial charge in [0.15, 0.2) is 0 Å². The fourth-order valence-corrected chi connectivity index (χ4v) is 2.91. The number of carbonyl (C=O) groups excluding carboxylic acids is 2. The summed E-state index contributed by atoms with van der Waals surface area (Å²) in [5.41, 5.74) is 0.332. The Morgan fingerprint density at radius 1 is 1.19 bits per heavy atom. The van der Waals surface area contributed by atoms with E-state index in [4.69, 9.17) is 4.74 Å². The number of hydrogen-bond acceptors (Lipinski definition) is 6. The van der Waals surface area contributed by atoms with Gasteiger partial charge in [-0.25, -0.2) is 23.5 Å². The molecule has 1 aromatic carbocycles. The molecule has 2 aromatic rings. The van der Waals surface area contributed by atoms with E-state index >= 15 is 0 Å². The van der Waals surface area contributed by atoms with Crippen LogP contribution in [0.2, 0.25) is 0 Å². The van der Waals surface area contributed by atoms with Crippen LogP contribution in [-0.2, 0) is 16.1 Å². The highest BCUT2D eigenvalue weighted by molar-refractivity contribution is 5.89. The van der Waals surface area contributed by atoms with Gasteiger partial charge in [0.2, 0.25) is 5.91 Å². The van der Waals surface area contributed by atoms with Gasteiger partial charge in [-0.3, -0.25) is 4.79 Å². The maximum atomic E-state index is 13.7. The first-order valence-electron chi connectivity index (χ1n) is 9.43. The Bertz CT molecular complexity index is 944. The highest BCUT2D eigenvalue weighted by Gasteiger charge is 2.29. The summed E-state index contributed by atoms with van der Waals surface area (Å²) in [5.74, 6) is -1.78. The predicted molar refractivity (Wildman–Crippen MR) is 106 cm³/mol. The molecule has 0 aliphatic carbocycles. The number of benzene rings is 1. The number of aliphatic hydroxyl groups excluding tert-OH is 1. The second-order valence-electron chi connectivity index (χ2n) is 6.71. The highest BCUT2D eigenvalue weighted by Crippen LogP contribution is 2.18. The van der Waals surface area contributed by atoms with Crippen molar-refractivity contribution in [3.8, 4) is 0 Å². The van der Waals surface area contributed by atoms with Crippen LogP contribution in [0.1, 0.15) is 12.1 Å². The Hall–Kier alpha value is -3.44.